The first kappa shape index (κ1) is 20.7. The fourth-order valence-electron chi connectivity index (χ4n) is 4.37. The van der Waals surface area contributed by atoms with Crippen molar-refractivity contribution < 1.29 is 19.7 Å². The van der Waals surface area contributed by atoms with Crippen LogP contribution in [0.3, 0.4) is 0 Å². The first-order valence-corrected chi connectivity index (χ1v) is 10.2. The van der Waals surface area contributed by atoms with Crippen LogP contribution in [0.25, 0.3) is 0 Å². The minimum absolute atomic E-state index is 0.114. The smallest absolute Gasteiger partial charge is 0.126 e. The lowest BCUT2D eigenvalue weighted by molar-refractivity contribution is 0.0645. The summed E-state index contributed by atoms with van der Waals surface area (Å²) in [6.45, 7) is 2.27. The van der Waals surface area contributed by atoms with Gasteiger partial charge in [0.25, 0.3) is 0 Å². The highest BCUT2D eigenvalue weighted by Crippen LogP contribution is 2.42. The minimum Gasteiger partial charge on any atom is -0.496 e. The molecule has 1 aliphatic carbocycles. The fraction of sp³-hybridized carbons (Fsp3) is 0.500. The van der Waals surface area contributed by atoms with Gasteiger partial charge >= 0.3 is 0 Å². The molecule has 28 heavy (non-hydrogen) atoms. The van der Waals surface area contributed by atoms with Gasteiger partial charge in [-0.1, -0.05) is 31.2 Å². The number of hydrogen-bond acceptors (Lipinski definition) is 4. The van der Waals surface area contributed by atoms with Crippen molar-refractivity contribution in [3.63, 3.8) is 0 Å². The molecule has 1 fully saturated rings. The minimum atomic E-state index is -0.382. The molecule has 0 aromatic heterocycles. The summed E-state index contributed by atoms with van der Waals surface area (Å²) in [4.78, 5) is 0. The Morgan fingerprint density at radius 3 is 2.21 bits per heavy atom. The van der Waals surface area contributed by atoms with Gasteiger partial charge in [0.1, 0.15) is 11.5 Å². The third kappa shape index (κ3) is 4.68. The van der Waals surface area contributed by atoms with E-state index in [1.54, 1.807) is 14.2 Å². The van der Waals surface area contributed by atoms with Crippen molar-refractivity contribution in [3.8, 4) is 11.5 Å². The monoisotopic (exact) mass is 384 g/mol. The number of aliphatic hydroxyl groups excluding tert-OH is 2. The van der Waals surface area contributed by atoms with Crippen LogP contribution in [0.1, 0.15) is 54.4 Å². The number of aliphatic hydroxyl groups is 2. The summed E-state index contributed by atoms with van der Waals surface area (Å²) < 4.78 is 11.3. The van der Waals surface area contributed by atoms with Crippen LogP contribution in [0.2, 0.25) is 0 Å². The molecule has 1 saturated carbocycles. The van der Waals surface area contributed by atoms with Crippen LogP contribution in [-0.4, -0.2) is 37.1 Å². The molecule has 0 saturated heterocycles. The summed E-state index contributed by atoms with van der Waals surface area (Å²) >= 11 is 0. The maximum absolute atomic E-state index is 10.3. The van der Waals surface area contributed by atoms with Crippen LogP contribution >= 0.6 is 0 Å². The largest absolute Gasteiger partial charge is 0.496 e. The molecule has 1 aliphatic rings. The molecule has 3 rings (SSSR count). The normalized spacial score (nSPS) is 22.1. The molecular weight excluding hydrogens is 352 g/mol. The van der Waals surface area contributed by atoms with Gasteiger partial charge in [0.15, 0.2) is 0 Å². The Kier molecular flexibility index (Phi) is 6.97. The first-order chi connectivity index (χ1) is 13.6. The van der Waals surface area contributed by atoms with Gasteiger partial charge in [-0.25, -0.2) is 0 Å². The van der Waals surface area contributed by atoms with Crippen LogP contribution in [0, 0.1) is 5.92 Å². The third-order valence-electron chi connectivity index (χ3n) is 5.94. The zero-order chi connectivity index (χ0) is 20.1. The Labute approximate surface area is 168 Å². The van der Waals surface area contributed by atoms with E-state index in [1.807, 2.05) is 6.07 Å². The van der Waals surface area contributed by atoms with E-state index in [2.05, 4.69) is 37.3 Å². The number of aryl methyl sites for hydroxylation is 1. The van der Waals surface area contributed by atoms with Crippen LogP contribution in [0.15, 0.2) is 36.4 Å². The second-order valence-corrected chi connectivity index (χ2v) is 7.86. The van der Waals surface area contributed by atoms with Crippen LogP contribution in [0.5, 0.6) is 11.5 Å². The molecule has 0 unspecified atom stereocenters. The Morgan fingerprint density at radius 1 is 0.929 bits per heavy atom. The zero-order valence-corrected chi connectivity index (χ0v) is 17.1. The maximum Gasteiger partial charge on any atom is 0.126 e. The summed E-state index contributed by atoms with van der Waals surface area (Å²) in [5.74, 6) is 1.90. The van der Waals surface area contributed by atoms with Crippen molar-refractivity contribution in [2.24, 2.45) is 5.92 Å². The van der Waals surface area contributed by atoms with Gasteiger partial charge < -0.3 is 19.7 Å². The molecule has 0 heterocycles. The van der Waals surface area contributed by atoms with Gasteiger partial charge in [0, 0.05) is 19.1 Å². The molecule has 152 valence electrons. The Hall–Kier alpha value is -2.04. The van der Waals surface area contributed by atoms with Crippen LogP contribution < -0.4 is 9.47 Å². The van der Waals surface area contributed by atoms with Gasteiger partial charge in [-0.2, -0.15) is 0 Å². The quantitative estimate of drug-likeness (QED) is 0.755. The molecule has 0 radical (unpaired) electrons. The van der Waals surface area contributed by atoms with E-state index in [1.165, 1.54) is 11.1 Å². The first-order valence-electron chi connectivity index (χ1n) is 10.2. The lowest BCUT2D eigenvalue weighted by atomic mass is 9.76. The van der Waals surface area contributed by atoms with E-state index in [4.69, 9.17) is 9.47 Å². The molecule has 0 amide bonds. The average Bonchev–Trinajstić information content (AvgIpc) is 2.73. The molecule has 4 heteroatoms. The SMILES string of the molecule is CCc1ccc(Cc2cc([C@H]3C[C@@H](O)C[C@@H](CO)C3)c(OC)cc2OC)cc1. The van der Waals surface area contributed by atoms with E-state index >= 15 is 0 Å². The Bertz CT molecular complexity index is 769. The van der Waals surface area contributed by atoms with Gasteiger partial charge in [0.2, 0.25) is 0 Å². The maximum atomic E-state index is 10.3. The number of benzene rings is 2. The highest BCUT2D eigenvalue weighted by atomic mass is 16.5. The van der Waals surface area contributed by atoms with E-state index in [9.17, 15) is 10.2 Å². The van der Waals surface area contributed by atoms with Gasteiger partial charge in [-0.3, -0.25) is 0 Å². The van der Waals surface area contributed by atoms with Crippen molar-refractivity contribution in [3.05, 3.63) is 58.7 Å². The molecule has 2 N–H and O–H groups in total. The lowest BCUT2D eigenvalue weighted by Crippen LogP contribution is -2.27. The van der Waals surface area contributed by atoms with E-state index in [0.29, 0.717) is 12.8 Å². The van der Waals surface area contributed by atoms with Crippen molar-refractivity contribution in [2.75, 3.05) is 20.8 Å². The zero-order valence-electron chi connectivity index (χ0n) is 17.1. The lowest BCUT2D eigenvalue weighted by Gasteiger charge is -2.33. The van der Waals surface area contributed by atoms with Gasteiger partial charge in [0.05, 0.1) is 20.3 Å². The van der Waals surface area contributed by atoms with E-state index < -0.39 is 0 Å². The molecule has 0 spiro atoms. The summed E-state index contributed by atoms with van der Waals surface area (Å²) in [6.07, 6.45) is 3.66. The Balaban J connectivity index is 1.94. The number of methoxy groups -OCH3 is 2. The predicted octanol–water partition coefficient (Wildman–Crippen LogP) is 4.09. The van der Waals surface area contributed by atoms with Crippen molar-refractivity contribution in [2.45, 2.75) is 51.0 Å². The van der Waals surface area contributed by atoms with Crippen LogP contribution in [-0.2, 0) is 12.8 Å². The number of ether oxygens (including phenoxy) is 2. The molecule has 2 aromatic rings. The molecule has 4 nitrogen and oxygen atoms in total. The summed E-state index contributed by atoms with van der Waals surface area (Å²) in [7, 11) is 3.36. The average molecular weight is 385 g/mol. The molecule has 0 aliphatic heterocycles. The molecule has 2 aromatic carbocycles. The van der Waals surface area contributed by atoms with Crippen molar-refractivity contribution >= 4 is 0 Å². The van der Waals surface area contributed by atoms with Gasteiger partial charge in [-0.05, 0) is 65.8 Å². The third-order valence-corrected chi connectivity index (χ3v) is 5.94. The Morgan fingerprint density at radius 2 is 1.61 bits per heavy atom. The second-order valence-electron chi connectivity index (χ2n) is 7.86. The molecule has 3 atom stereocenters. The van der Waals surface area contributed by atoms with Gasteiger partial charge in [-0.15, -0.1) is 0 Å². The van der Waals surface area contributed by atoms with E-state index in [0.717, 1.165) is 41.9 Å². The topological polar surface area (TPSA) is 58.9 Å². The summed E-state index contributed by atoms with van der Waals surface area (Å²) in [5, 5.41) is 19.9. The number of hydrogen-bond donors (Lipinski definition) is 2. The summed E-state index contributed by atoms with van der Waals surface area (Å²) in [5.41, 5.74) is 4.78. The standard InChI is InChI=1S/C24H32O4/c1-4-16-5-7-17(8-6-16)9-20-13-22(24(28-3)14-23(20)27-2)19-10-18(15-25)11-21(26)12-19/h5-8,13-14,18-19,21,25-26H,4,9-12,15H2,1-3H3/t18-,19+,21-/m0/s1. The summed E-state index contributed by atoms with van der Waals surface area (Å²) in [6, 6.07) is 12.8. The fourth-order valence-corrected chi connectivity index (χ4v) is 4.37. The highest BCUT2D eigenvalue weighted by Gasteiger charge is 2.30. The van der Waals surface area contributed by atoms with Crippen molar-refractivity contribution in [1.82, 2.24) is 0 Å². The predicted molar refractivity (Wildman–Crippen MR) is 111 cm³/mol. The van der Waals surface area contributed by atoms with Crippen LogP contribution in [0.4, 0.5) is 0 Å². The molecular formula is C24H32O4. The highest BCUT2D eigenvalue weighted by molar-refractivity contribution is 5.50. The number of rotatable bonds is 7. The van der Waals surface area contributed by atoms with E-state index in [-0.39, 0.29) is 24.5 Å². The van der Waals surface area contributed by atoms with Crippen molar-refractivity contribution in [1.29, 1.82) is 0 Å². The molecule has 0 bridgehead atoms. The second kappa shape index (κ2) is 9.44.